The van der Waals surface area contributed by atoms with Gasteiger partial charge in [0.1, 0.15) is 11.6 Å². The number of carbonyl (C=O) groups is 1. The van der Waals surface area contributed by atoms with Crippen LogP contribution in [0.2, 0.25) is 0 Å². The molecule has 5 heteroatoms. The lowest BCUT2D eigenvalue weighted by Gasteiger charge is -2.19. The first-order valence-electron chi connectivity index (χ1n) is 7.10. The Labute approximate surface area is 122 Å². The molecule has 1 fully saturated rings. The highest BCUT2D eigenvalue weighted by Gasteiger charge is 2.29. The molecule has 1 heterocycles. The molecule has 3 rings (SSSR count). The number of amides is 1. The van der Waals surface area contributed by atoms with Crippen molar-refractivity contribution >= 4 is 27.5 Å². The van der Waals surface area contributed by atoms with E-state index in [1.54, 1.807) is 11.3 Å². The maximum absolute atomic E-state index is 12.0. The highest BCUT2D eigenvalue weighted by atomic mass is 32.1. The second-order valence-electron chi connectivity index (χ2n) is 5.60. The summed E-state index contributed by atoms with van der Waals surface area (Å²) < 4.78 is 1.21. The third-order valence-corrected chi connectivity index (χ3v) is 4.86. The van der Waals surface area contributed by atoms with Crippen LogP contribution in [0.4, 0.5) is 0 Å². The highest BCUT2D eigenvalue weighted by Crippen LogP contribution is 2.21. The van der Waals surface area contributed by atoms with Crippen molar-refractivity contribution in [3.63, 3.8) is 0 Å². The van der Waals surface area contributed by atoms with Crippen LogP contribution < -0.4 is 10.2 Å². The molecule has 1 aliphatic rings. The summed E-state index contributed by atoms with van der Waals surface area (Å²) in [7, 11) is 2.06. The van der Waals surface area contributed by atoms with E-state index in [2.05, 4.69) is 23.4 Å². The van der Waals surface area contributed by atoms with Gasteiger partial charge in [-0.05, 0) is 31.9 Å². The maximum Gasteiger partial charge on any atom is 0.278 e. The van der Waals surface area contributed by atoms with Crippen LogP contribution >= 0.6 is 11.3 Å². The van der Waals surface area contributed by atoms with Crippen molar-refractivity contribution in [2.75, 3.05) is 7.05 Å². The Kier molecular flexibility index (Phi) is 3.72. The average molecular weight is 290 g/mol. The number of nitrogens with one attached hydrogen (secondary N) is 2. The zero-order valence-electron chi connectivity index (χ0n) is 11.8. The number of benzene rings is 1. The number of rotatable bonds is 5. The van der Waals surface area contributed by atoms with Crippen LogP contribution in [-0.4, -0.2) is 30.0 Å². The molecule has 4 nitrogen and oxygen atoms in total. The van der Waals surface area contributed by atoms with Crippen LogP contribution in [0.3, 0.4) is 0 Å². The maximum atomic E-state index is 12.0. The Bertz CT molecular complexity index is 587. The molecule has 1 saturated carbocycles. The summed E-state index contributed by atoms with van der Waals surface area (Å²) >= 11 is 1.72. The molecular formula is C15H20N3OS+. The summed E-state index contributed by atoms with van der Waals surface area (Å²) in [4.78, 5) is 17.9. The van der Waals surface area contributed by atoms with E-state index in [0.29, 0.717) is 6.04 Å². The third kappa shape index (κ3) is 2.99. The number of carbonyl (C=O) groups excluding carboxylic acids is 1. The predicted molar refractivity (Wildman–Crippen MR) is 80.8 cm³/mol. The van der Waals surface area contributed by atoms with Gasteiger partial charge in [0.25, 0.3) is 5.91 Å². The smallest absolute Gasteiger partial charge is 0.278 e. The molecule has 2 atom stereocenters. The third-order valence-electron chi connectivity index (χ3n) is 3.82. The molecule has 0 spiro atoms. The first-order chi connectivity index (χ1) is 9.63. The molecule has 0 bridgehead atoms. The topological polar surface area (TPSA) is 46.4 Å². The highest BCUT2D eigenvalue weighted by molar-refractivity contribution is 7.18. The van der Waals surface area contributed by atoms with Crippen molar-refractivity contribution in [1.82, 2.24) is 10.3 Å². The van der Waals surface area contributed by atoms with Crippen molar-refractivity contribution in [1.29, 1.82) is 0 Å². The molecule has 106 valence electrons. The van der Waals surface area contributed by atoms with E-state index in [1.807, 2.05) is 25.1 Å². The van der Waals surface area contributed by atoms with Gasteiger partial charge in [0.05, 0.1) is 17.3 Å². The van der Waals surface area contributed by atoms with Gasteiger partial charge in [-0.15, -0.1) is 11.3 Å². The number of para-hydroxylation sites is 1. The van der Waals surface area contributed by atoms with E-state index >= 15 is 0 Å². The monoisotopic (exact) mass is 290 g/mol. The number of hydrogen-bond acceptors (Lipinski definition) is 3. The molecule has 1 amide bonds. The van der Waals surface area contributed by atoms with Crippen molar-refractivity contribution < 1.29 is 9.69 Å². The summed E-state index contributed by atoms with van der Waals surface area (Å²) in [5, 5.41) is 4.16. The fourth-order valence-electron chi connectivity index (χ4n) is 2.16. The number of aromatic nitrogens is 1. The van der Waals surface area contributed by atoms with Crippen LogP contribution in [0.1, 0.15) is 24.8 Å². The summed E-state index contributed by atoms with van der Waals surface area (Å²) in [5.41, 5.74) is 1.05. The van der Waals surface area contributed by atoms with E-state index in [-0.39, 0.29) is 11.9 Å². The molecule has 0 radical (unpaired) electrons. The van der Waals surface area contributed by atoms with Gasteiger partial charge >= 0.3 is 0 Å². The van der Waals surface area contributed by atoms with Crippen LogP contribution in [-0.2, 0) is 11.3 Å². The Morgan fingerprint density at radius 2 is 2.25 bits per heavy atom. The molecule has 1 aliphatic carbocycles. The normalized spacial score (nSPS) is 17.9. The lowest BCUT2D eigenvalue weighted by Crippen LogP contribution is -3.12. The van der Waals surface area contributed by atoms with Gasteiger partial charge < -0.3 is 10.2 Å². The van der Waals surface area contributed by atoms with Gasteiger partial charge in [0, 0.05) is 6.04 Å². The van der Waals surface area contributed by atoms with Crippen LogP contribution in [0, 0.1) is 0 Å². The lowest BCUT2D eigenvalue weighted by atomic mass is 10.2. The zero-order chi connectivity index (χ0) is 14.1. The number of thiazole rings is 1. The molecule has 1 aromatic carbocycles. The van der Waals surface area contributed by atoms with E-state index < -0.39 is 0 Å². The standard InChI is InChI=1S/C15H19N3OS/c1-10(15(19)16-11-7-8-11)18(2)9-14-17-12-5-3-4-6-13(12)20-14/h3-6,10-11H,7-9H2,1-2H3,(H,16,19)/p+1/t10-/m1/s1. The Morgan fingerprint density at radius 1 is 1.50 bits per heavy atom. The minimum absolute atomic E-state index is 0.0392. The molecule has 1 unspecified atom stereocenters. The number of likely N-dealkylation sites (N-methyl/N-ethyl adjacent to an activating group) is 1. The summed E-state index contributed by atoms with van der Waals surface area (Å²) in [6.45, 7) is 2.78. The van der Waals surface area contributed by atoms with Crippen molar-refractivity contribution in [3.8, 4) is 0 Å². The van der Waals surface area contributed by atoms with Crippen molar-refractivity contribution in [2.24, 2.45) is 0 Å². The number of fused-ring (bicyclic) bond motifs is 1. The fraction of sp³-hybridized carbons (Fsp3) is 0.467. The Morgan fingerprint density at radius 3 is 2.95 bits per heavy atom. The molecule has 1 aromatic heterocycles. The lowest BCUT2D eigenvalue weighted by molar-refractivity contribution is -0.908. The second-order valence-corrected chi connectivity index (χ2v) is 6.72. The average Bonchev–Trinajstić information content (AvgIpc) is 3.15. The summed E-state index contributed by atoms with van der Waals surface area (Å²) in [6, 6.07) is 8.56. The van der Waals surface area contributed by atoms with Gasteiger partial charge in [-0.1, -0.05) is 12.1 Å². The van der Waals surface area contributed by atoms with E-state index in [4.69, 9.17) is 0 Å². The molecule has 20 heavy (non-hydrogen) atoms. The summed E-state index contributed by atoms with van der Waals surface area (Å²) in [5.74, 6) is 0.158. The fourth-order valence-corrected chi connectivity index (χ4v) is 3.23. The van der Waals surface area contributed by atoms with Gasteiger partial charge in [-0.2, -0.15) is 0 Å². The minimum Gasteiger partial charge on any atom is -0.348 e. The van der Waals surface area contributed by atoms with Gasteiger partial charge in [-0.25, -0.2) is 4.98 Å². The second kappa shape index (κ2) is 5.50. The number of hydrogen-bond donors (Lipinski definition) is 2. The van der Waals surface area contributed by atoms with Crippen LogP contribution in [0.5, 0.6) is 0 Å². The van der Waals surface area contributed by atoms with Crippen molar-refractivity contribution in [3.05, 3.63) is 29.3 Å². The predicted octanol–water partition coefficient (Wildman–Crippen LogP) is 0.978. The summed E-state index contributed by atoms with van der Waals surface area (Å²) in [6.07, 6.45) is 2.27. The van der Waals surface area contributed by atoms with Gasteiger partial charge in [0.2, 0.25) is 0 Å². The number of quaternary nitrogens is 1. The Hall–Kier alpha value is -1.46. The SMILES string of the molecule is C[C@H](C(=O)NC1CC1)[NH+](C)Cc1nc2ccccc2s1. The first-order valence-corrected chi connectivity index (χ1v) is 7.92. The molecule has 0 aliphatic heterocycles. The minimum atomic E-state index is -0.0392. The van der Waals surface area contributed by atoms with E-state index in [1.165, 1.54) is 9.60 Å². The molecular weight excluding hydrogens is 270 g/mol. The van der Waals surface area contributed by atoms with E-state index in [9.17, 15) is 4.79 Å². The zero-order valence-corrected chi connectivity index (χ0v) is 12.7. The first kappa shape index (κ1) is 13.5. The van der Waals surface area contributed by atoms with Crippen LogP contribution in [0.15, 0.2) is 24.3 Å². The van der Waals surface area contributed by atoms with Gasteiger partial charge in [-0.3, -0.25) is 4.79 Å². The number of nitrogens with zero attached hydrogens (tertiary/aromatic N) is 1. The van der Waals surface area contributed by atoms with Crippen LogP contribution in [0.25, 0.3) is 10.2 Å². The van der Waals surface area contributed by atoms with Crippen molar-refractivity contribution in [2.45, 2.75) is 38.4 Å². The molecule has 0 saturated heterocycles. The van der Waals surface area contributed by atoms with E-state index in [0.717, 1.165) is 29.9 Å². The molecule has 2 aromatic rings. The Balaban J connectivity index is 1.64. The molecule has 2 N–H and O–H groups in total. The largest absolute Gasteiger partial charge is 0.348 e. The quantitative estimate of drug-likeness (QED) is 0.862. The van der Waals surface area contributed by atoms with Gasteiger partial charge in [0.15, 0.2) is 6.04 Å².